The molecule has 0 bridgehead atoms. The molecule has 0 saturated heterocycles. The number of nitriles is 1. The predicted molar refractivity (Wildman–Crippen MR) is 87.8 cm³/mol. The first-order valence-electron chi connectivity index (χ1n) is 7.29. The van der Waals surface area contributed by atoms with Gasteiger partial charge >= 0.3 is 5.69 Å². The monoisotopic (exact) mass is 344 g/mol. The van der Waals surface area contributed by atoms with Crippen LogP contribution < -0.4 is 14.2 Å². The Kier molecular flexibility index (Phi) is 6.14. The van der Waals surface area contributed by atoms with Gasteiger partial charge in [-0.05, 0) is 36.4 Å². The van der Waals surface area contributed by atoms with Crippen LogP contribution in [0.15, 0.2) is 42.5 Å². The number of nitrogens with zero attached hydrogens (tertiary/aromatic N) is 2. The molecule has 0 amide bonds. The van der Waals surface area contributed by atoms with Crippen molar-refractivity contribution in [1.29, 1.82) is 5.26 Å². The average Bonchev–Trinajstić information content (AvgIpc) is 2.64. The first-order valence-corrected chi connectivity index (χ1v) is 7.29. The molecule has 0 fully saturated rings. The number of hydrogen-bond acceptors (Lipinski definition) is 7. The normalized spacial score (nSPS) is 11.2. The van der Waals surface area contributed by atoms with Crippen molar-refractivity contribution in [2.24, 2.45) is 0 Å². The summed E-state index contributed by atoms with van der Waals surface area (Å²) in [5.74, 6) is 0.862. The second kappa shape index (κ2) is 8.52. The molecule has 8 nitrogen and oxygen atoms in total. The number of nitro benzene ring substituents is 1. The Balaban J connectivity index is 1.90. The maximum absolute atomic E-state index is 11.1. The zero-order valence-corrected chi connectivity index (χ0v) is 13.4. The number of nitro groups is 1. The van der Waals surface area contributed by atoms with Crippen LogP contribution in [0.5, 0.6) is 17.2 Å². The van der Waals surface area contributed by atoms with Crippen molar-refractivity contribution in [3.63, 3.8) is 0 Å². The Morgan fingerprint density at radius 1 is 1.16 bits per heavy atom. The Morgan fingerprint density at radius 3 is 2.40 bits per heavy atom. The van der Waals surface area contributed by atoms with Gasteiger partial charge in [-0.3, -0.25) is 10.1 Å². The molecule has 0 aromatic heterocycles. The molecule has 130 valence electrons. The van der Waals surface area contributed by atoms with Gasteiger partial charge in [0.1, 0.15) is 30.8 Å². The van der Waals surface area contributed by atoms with Crippen molar-refractivity contribution < 1.29 is 24.2 Å². The molecule has 25 heavy (non-hydrogen) atoms. The lowest BCUT2D eigenvalue weighted by Gasteiger charge is -2.14. The van der Waals surface area contributed by atoms with Crippen LogP contribution in [0.25, 0.3) is 0 Å². The second-order valence-corrected chi connectivity index (χ2v) is 5.00. The topological polar surface area (TPSA) is 115 Å². The van der Waals surface area contributed by atoms with Gasteiger partial charge in [-0.1, -0.05) is 0 Å². The van der Waals surface area contributed by atoms with Crippen LogP contribution in [0.1, 0.15) is 5.56 Å². The van der Waals surface area contributed by atoms with E-state index in [2.05, 4.69) is 0 Å². The molecule has 8 heteroatoms. The predicted octanol–water partition coefficient (Wildman–Crippen LogP) is 2.29. The molecule has 2 aromatic rings. The summed E-state index contributed by atoms with van der Waals surface area (Å²) in [6.45, 7) is -0.237. The van der Waals surface area contributed by atoms with Crippen molar-refractivity contribution in [2.45, 2.75) is 6.10 Å². The quantitative estimate of drug-likeness (QED) is 0.577. The number of hydrogen-bond donors (Lipinski definition) is 1. The zero-order chi connectivity index (χ0) is 18.2. The number of aliphatic hydroxyl groups is 1. The second-order valence-electron chi connectivity index (χ2n) is 5.00. The van der Waals surface area contributed by atoms with E-state index in [-0.39, 0.29) is 24.7 Å². The first kappa shape index (κ1) is 18.0. The van der Waals surface area contributed by atoms with E-state index < -0.39 is 11.0 Å². The molecule has 0 radical (unpaired) electrons. The number of ether oxygens (including phenoxy) is 3. The molecule has 0 aliphatic carbocycles. The molecule has 0 saturated carbocycles. The van der Waals surface area contributed by atoms with E-state index in [4.69, 9.17) is 19.5 Å². The lowest BCUT2D eigenvalue weighted by molar-refractivity contribution is -0.386. The minimum absolute atomic E-state index is 0.0308. The lowest BCUT2D eigenvalue weighted by Crippen LogP contribution is -2.25. The van der Waals surface area contributed by atoms with Gasteiger partial charge in [-0.25, -0.2) is 0 Å². The van der Waals surface area contributed by atoms with Gasteiger partial charge in [-0.15, -0.1) is 0 Å². The molecule has 2 rings (SSSR count). The third kappa shape index (κ3) is 5.09. The highest BCUT2D eigenvalue weighted by Gasteiger charge is 2.18. The minimum Gasteiger partial charge on any atom is -0.496 e. The van der Waals surface area contributed by atoms with Crippen LogP contribution >= 0.6 is 0 Å². The average molecular weight is 344 g/mol. The summed E-state index contributed by atoms with van der Waals surface area (Å²) in [5, 5.41) is 29.7. The Hall–Kier alpha value is -3.31. The summed E-state index contributed by atoms with van der Waals surface area (Å²) in [6, 6.07) is 12.6. The lowest BCUT2D eigenvalue weighted by atomic mass is 10.2. The van der Waals surface area contributed by atoms with Crippen LogP contribution in [-0.4, -0.2) is 36.5 Å². The summed E-state index contributed by atoms with van der Waals surface area (Å²) in [5.41, 5.74) is 0.252. The summed E-state index contributed by atoms with van der Waals surface area (Å²) in [4.78, 5) is 10.5. The molecule has 0 unspecified atom stereocenters. The largest absolute Gasteiger partial charge is 0.496 e. The van der Waals surface area contributed by atoms with Gasteiger partial charge in [0.2, 0.25) is 0 Å². The van der Waals surface area contributed by atoms with Crippen molar-refractivity contribution in [1.82, 2.24) is 0 Å². The minimum atomic E-state index is -0.989. The SMILES string of the molecule is COc1ccc(OC[C@@H](O)COc2ccc(C#N)cc2)c([N+](=O)[O-])c1. The molecule has 1 atom stereocenters. The molecule has 0 heterocycles. The molecule has 0 aliphatic rings. The van der Waals surface area contributed by atoms with E-state index in [0.717, 1.165) is 0 Å². The van der Waals surface area contributed by atoms with Gasteiger partial charge in [0.15, 0.2) is 5.75 Å². The van der Waals surface area contributed by atoms with Crippen molar-refractivity contribution in [2.75, 3.05) is 20.3 Å². The van der Waals surface area contributed by atoms with Gasteiger partial charge in [0.25, 0.3) is 0 Å². The third-order valence-corrected chi connectivity index (χ3v) is 3.22. The molecule has 0 aliphatic heterocycles. The van der Waals surface area contributed by atoms with E-state index >= 15 is 0 Å². The highest BCUT2D eigenvalue weighted by Crippen LogP contribution is 2.31. The Bertz CT molecular complexity index is 770. The van der Waals surface area contributed by atoms with E-state index in [0.29, 0.717) is 17.1 Å². The Labute approximate surface area is 143 Å². The van der Waals surface area contributed by atoms with Crippen molar-refractivity contribution in [3.8, 4) is 23.3 Å². The van der Waals surface area contributed by atoms with E-state index in [1.807, 2.05) is 6.07 Å². The van der Waals surface area contributed by atoms with Gasteiger partial charge in [-0.2, -0.15) is 5.26 Å². The first-order chi connectivity index (χ1) is 12.0. The fourth-order valence-corrected chi connectivity index (χ4v) is 1.94. The number of methoxy groups -OCH3 is 1. The zero-order valence-electron chi connectivity index (χ0n) is 13.4. The highest BCUT2D eigenvalue weighted by atomic mass is 16.6. The van der Waals surface area contributed by atoms with Crippen LogP contribution in [0.4, 0.5) is 5.69 Å². The van der Waals surface area contributed by atoms with Crippen LogP contribution in [-0.2, 0) is 0 Å². The van der Waals surface area contributed by atoms with Crippen LogP contribution in [0, 0.1) is 21.4 Å². The maximum Gasteiger partial charge on any atom is 0.314 e. The Morgan fingerprint density at radius 2 is 1.80 bits per heavy atom. The summed E-state index contributed by atoms with van der Waals surface area (Å²) >= 11 is 0. The number of benzene rings is 2. The smallest absolute Gasteiger partial charge is 0.314 e. The molecular weight excluding hydrogens is 328 g/mol. The molecular formula is C17H16N2O6. The van der Waals surface area contributed by atoms with E-state index in [1.54, 1.807) is 24.3 Å². The van der Waals surface area contributed by atoms with E-state index in [9.17, 15) is 15.2 Å². The fraction of sp³-hybridized carbons (Fsp3) is 0.235. The van der Waals surface area contributed by atoms with Crippen molar-refractivity contribution in [3.05, 3.63) is 58.1 Å². The van der Waals surface area contributed by atoms with Gasteiger partial charge in [0, 0.05) is 0 Å². The maximum atomic E-state index is 11.1. The third-order valence-electron chi connectivity index (χ3n) is 3.22. The van der Waals surface area contributed by atoms with E-state index in [1.165, 1.54) is 25.3 Å². The molecule has 1 N–H and O–H groups in total. The van der Waals surface area contributed by atoms with Crippen LogP contribution in [0.2, 0.25) is 0 Å². The number of aliphatic hydroxyl groups excluding tert-OH is 1. The summed E-state index contributed by atoms with van der Waals surface area (Å²) in [7, 11) is 1.41. The highest BCUT2D eigenvalue weighted by molar-refractivity contribution is 5.50. The summed E-state index contributed by atoms with van der Waals surface area (Å²) in [6.07, 6.45) is -0.989. The van der Waals surface area contributed by atoms with Gasteiger partial charge < -0.3 is 19.3 Å². The number of rotatable bonds is 8. The standard InChI is InChI=1S/C17H16N2O6/c1-23-15-6-7-17(16(8-15)19(21)22)25-11-13(20)10-24-14-4-2-12(9-18)3-5-14/h2-8,13,20H,10-11H2,1H3/t13-/m0/s1. The summed E-state index contributed by atoms with van der Waals surface area (Å²) < 4.78 is 15.6. The molecule has 0 spiro atoms. The van der Waals surface area contributed by atoms with Gasteiger partial charge in [0.05, 0.1) is 29.7 Å². The van der Waals surface area contributed by atoms with Crippen molar-refractivity contribution >= 4 is 5.69 Å². The van der Waals surface area contributed by atoms with Crippen LogP contribution in [0.3, 0.4) is 0 Å². The molecule has 2 aromatic carbocycles. The fourth-order valence-electron chi connectivity index (χ4n) is 1.94.